The van der Waals surface area contributed by atoms with Gasteiger partial charge in [-0.05, 0) is 27.2 Å². The average molecular weight is 217 g/mol. The zero-order valence-corrected chi connectivity index (χ0v) is 10.2. The molecule has 0 saturated carbocycles. The third-order valence-corrected chi connectivity index (χ3v) is 1.91. The molecule has 0 amide bonds. The number of nitrogens with two attached hydrogens (primary N) is 1. The molecule has 0 bridgehead atoms. The molecule has 15 heavy (non-hydrogen) atoms. The molecular formula is C11H23NO3. The average Bonchev–Trinajstić information content (AvgIpc) is 2.01. The van der Waals surface area contributed by atoms with E-state index in [1.54, 1.807) is 20.8 Å². The molecule has 0 heterocycles. The van der Waals surface area contributed by atoms with Gasteiger partial charge in [0.05, 0.1) is 0 Å². The highest BCUT2D eigenvalue weighted by molar-refractivity contribution is 5.78. The van der Waals surface area contributed by atoms with Crippen LogP contribution in [0.3, 0.4) is 0 Å². The van der Waals surface area contributed by atoms with Crippen LogP contribution in [0.5, 0.6) is 0 Å². The van der Waals surface area contributed by atoms with Gasteiger partial charge in [0.2, 0.25) is 5.72 Å². The summed E-state index contributed by atoms with van der Waals surface area (Å²) in [5.74, 6) is -0.744. The number of carbonyl (C=O) groups excluding carboxylic acids is 1. The molecular weight excluding hydrogens is 194 g/mol. The third kappa shape index (κ3) is 6.47. The van der Waals surface area contributed by atoms with E-state index >= 15 is 0 Å². The van der Waals surface area contributed by atoms with E-state index in [0.29, 0.717) is 0 Å². The SMILES string of the molecule is CCCCCC(N)(O)C(=O)OC(C)(C)C. The van der Waals surface area contributed by atoms with Crippen molar-refractivity contribution in [2.24, 2.45) is 5.73 Å². The van der Waals surface area contributed by atoms with Crippen LogP contribution in [0.15, 0.2) is 0 Å². The first kappa shape index (κ1) is 14.4. The monoisotopic (exact) mass is 217 g/mol. The summed E-state index contributed by atoms with van der Waals surface area (Å²) in [5, 5.41) is 9.68. The zero-order valence-electron chi connectivity index (χ0n) is 10.2. The highest BCUT2D eigenvalue weighted by Crippen LogP contribution is 2.16. The lowest BCUT2D eigenvalue weighted by molar-refractivity contribution is -0.177. The summed E-state index contributed by atoms with van der Waals surface area (Å²) in [7, 11) is 0. The molecule has 0 spiro atoms. The summed E-state index contributed by atoms with van der Waals surface area (Å²) in [4.78, 5) is 11.5. The quantitative estimate of drug-likeness (QED) is 0.416. The van der Waals surface area contributed by atoms with Crippen molar-refractivity contribution >= 4 is 5.97 Å². The molecule has 0 fully saturated rings. The smallest absolute Gasteiger partial charge is 0.353 e. The summed E-state index contributed by atoms with van der Waals surface area (Å²) in [6, 6.07) is 0. The molecule has 3 N–H and O–H groups in total. The minimum Gasteiger partial charge on any atom is -0.457 e. The van der Waals surface area contributed by atoms with Gasteiger partial charge in [0.15, 0.2) is 0 Å². The Morgan fingerprint density at radius 1 is 1.33 bits per heavy atom. The van der Waals surface area contributed by atoms with Crippen LogP contribution in [0.1, 0.15) is 53.4 Å². The molecule has 0 rings (SSSR count). The Balaban J connectivity index is 4.14. The minimum absolute atomic E-state index is 0.246. The number of aliphatic hydroxyl groups is 1. The lowest BCUT2D eigenvalue weighted by Gasteiger charge is -2.27. The van der Waals surface area contributed by atoms with Crippen LogP contribution in [-0.2, 0) is 9.53 Å². The van der Waals surface area contributed by atoms with E-state index in [0.717, 1.165) is 19.3 Å². The summed E-state index contributed by atoms with van der Waals surface area (Å²) >= 11 is 0. The van der Waals surface area contributed by atoms with Gasteiger partial charge in [0.1, 0.15) is 5.60 Å². The molecule has 0 aromatic heterocycles. The van der Waals surface area contributed by atoms with Crippen molar-refractivity contribution in [1.29, 1.82) is 0 Å². The van der Waals surface area contributed by atoms with Crippen LogP contribution >= 0.6 is 0 Å². The van der Waals surface area contributed by atoms with Crippen LogP contribution < -0.4 is 5.73 Å². The van der Waals surface area contributed by atoms with Gasteiger partial charge < -0.3 is 9.84 Å². The largest absolute Gasteiger partial charge is 0.457 e. The van der Waals surface area contributed by atoms with Gasteiger partial charge in [0, 0.05) is 6.42 Å². The van der Waals surface area contributed by atoms with Gasteiger partial charge in [-0.2, -0.15) is 0 Å². The molecule has 0 aliphatic rings. The summed E-state index contributed by atoms with van der Waals surface area (Å²) in [6.45, 7) is 7.27. The standard InChI is InChI=1S/C11H23NO3/c1-5-6-7-8-11(12,14)9(13)15-10(2,3)4/h14H,5-8,12H2,1-4H3. The molecule has 0 aliphatic carbocycles. The summed E-state index contributed by atoms with van der Waals surface area (Å²) in [5.41, 5.74) is 3.03. The van der Waals surface area contributed by atoms with E-state index in [4.69, 9.17) is 10.5 Å². The van der Waals surface area contributed by atoms with E-state index in [1.807, 2.05) is 6.92 Å². The number of carbonyl (C=O) groups is 1. The van der Waals surface area contributed by atoms with Crippen LogP contribution in [0.4, 0.5) is 0 Å². The Hall–Kier alpha value is -0.610. The molecule has 90 valence electrons. The van der Waals surface area contributed by atoms with Crippen LogP contribution in [0, 0.1) is 0 Å². The van der Waals surface area contributed by atoms with Crippen molar-refractivity contribution in [1.82, 2.24) is 0 Å². The van der Waals surface area contributed by atoms with Gasteiger partial charge >= 0.3 is 5.97 Å². The fraction of sp³-hybridized carbons (Fsp3) is 0.909. The third-order valence-electron chi connectivity index (χ3n) is 1.91. The maximum atomic E-state index is 11.5. The second-order valence-corrected chi connectivity index (χ2v) is 4.88. The van der Waals surface area contributed by atoms with Crippen LogP contribution in [0.25, 0.3) is 0 Å². The fourth-order valence-electron chi connectivity index (χ4n) is 1.11. The molecule has 0 aromatic carbocycles. The van der Waals surface area contributed by atoms with E-state index in [-0.39, 0.29) is 6.42 Å². The Bertz CT molecular complexity index is 206. The molecule has 4 nitrogen and oxygen atoms in total. The minimum atomic E-state index is -1.84. The fourth-order valence-corrected chi connectivity index (χ4v) is 1.11. The Morgan fingerprint density at radius 2 is 1.87 bits per heavy atom. The van der Waals surface area contributed by atoms with E-state index in [2.05, 4.69) is 0 Å². The summed E-state index contributed by atoms with van der Waals surface area (Å²) in [6.07, 6.45) is 2.94. The number of ether oxygens (including phenoxy) is 1. The van der Waals surface area contributed by atoms with E-state index in [1.165, 1.54) is 0 Å². The highest BCUT2D eigenvalue weighted by Gasteiger charge is 2.34. The lowest BCUT2D eigenvalue weighted by Crippen LogP contribution is -2.51. The molecule has 0 saturated heterocycles. The van der Waals surface area contributed by atoms with Crippen LogP contribution in [0.2, 0.25) is 0 Å². The number of unbranched alkanes of at least 4 members (excludes halogenated alkanes) is 2. The molecule has 4 heteroatoms. The second-order valence-electron chi connectivity index (χ2n) is 4.88. The Morgan fingerprint density at radius 3 is 2.27 bits per heavy atom. The predicted molar refractivity (Wildman–Crippen MR) is 59.1 cm³/mol. The first-order valence-electron chi connectivity index (χ1n) is 5.44. The van der Waals surface area contributed by atoms with Crippen LogP contribution in [-0.4, -0.2) is 22.4 Å². The molecule has 0 aliphatic heterocycles. The topological polar surface area (TPSA) is 72.5 Å². The van der Waals surface area contributed by atoms with Crippen molar-refractivity contribution in [3.63, 3.8) is 0 Å². The molecule has 1 atom stereocenters. The van der Waals surface area contributed by atoms with Gasteiger partial charge in [-0.3, -0.25) is 5.73 Å². The van der Waals surface area contributed by atoms with Crippen molar-refractivity contribution in [3.05, 3.63) is 0 Å². The molecule has 1 unspecified atom stereocenters. The van der Waals surface area contributed by atoms with Crippen molar-refractivity contribution in [3.8, 4) is 0 Å². The normalized spacial score (nSPS) is 15.9. The maximum Gasteiger partial charge on any atom is 0.353 e. The van der Waals surface area contributed by atoms with Gasteiger partial charge in [-0.25, -0.2) is 4.79 Å². The predicted octanol–water partition coefficient (Wildman–Crippen LogP) is 1.56. The first-order chi connectivity index (χ1) is 6.69. The second kappa shape index (κ2) is 5.47. The maximum absolute atomic E-state index is 11.5. The summed E-state index contributed by atoms with van der Waals surface area (Å²) < 4.78 is 5.02. The first-order valence-corrected chi connectivity index (χ1v) is 5.44. The van der Waals surface area contributed by atoms with Gasteiger partial charge in [-0.1, -0.05) is 19.8 Å². The number of hydrogen-bond acceptors (Lipinski definition) is 4. The van der Waals surface area contributed by atoms with E-state index in [9.17, 15) is 9.90 Å². The lowest BCUT2D eigenvalue weighted by atomic mass is 10.1. The number of esters is 1. The number of hydrogen-bond donors (Lipinski definition) is 2. The molecule has 0 radical (unpaired) electrons. The van der Waals surface area contributed by atoms with Crippen molar-refractivity contribution in [2.75, 3.05) is 0 Å². The van der Waals surface area contributed by atoms with Gasteiger partial charge in [-0.15, -0.1) is 0 Å². The van der Waals surface area contributed by atoms with E-state index < -0.39 is 17.3 Å². The van der Waals surface area contributed by atoms with Crippen molar-refractivity contribution in [2.45, 2.75) is 64.7 Å². The Labute approximate surface area is 91.8 Å². The highest BCUT2D eigenvalue weighted by atomic mass is 16.6. The molecule has 0 aromatic rings. The number of rotatable bonds is 5. The van der Waals surface area contributed by atoms with Gasteiger partial charge in [0.25, 0.3) is 0 Å². The Kier molecular flexibility index (Phi) is 5.24. The zero-order chi connectivity index (χ0) is 12.1. The van der Waals surface area contributed by atoms with Crippen molar-refractivity contribution < 1.29 is 14.6 Å².